The van der Waals surface area contributed by atoms with Crippen molar-refractivity contribution in [1.29, 1.82) is 0 Å². The fourth-order valence-electron chi connectivity index (χ4n) is 2.49. The van der Waals surface area contributed by atoms with Gasteiger partial charge in [-0.2, -0.15) is 13.5 Å². The number of nitrogens with zero attached hydrogens (tertiary/aromatic N) is 2. The number of sulfonamides is 1. The van der Waals surface area contributed by atoms with Gasteiger partial charge in [-0.25, -0.2) is 4.83 Å². The summed E-state index contributed by atoms with van der Waals surface area (Å²) in [4.78, 5) is 13.5. The number of primary amides is 1. The lowest BCUT2D eigenvalue weighted by atomic mass is 10.2. The molecular formula is C17H16N4O3S. The van der Waals surface area contributed by atoms with Crippen molar-refractivity contribution in [2.24, 2.45) is 10.8 Å². The molecule has 0 aliphatic heterocycles. The molecule has 8 heteroatoms. The predicted octanol–water partition coefficient (Wildman–Crippen LogP) is 1.44. The third-order valence-electron chi connectivity index (χ3n) is 3.58. The van der Waals surface area contributed by atoms with Gasteiger partial charge >= 0.3 is 0 Å². The van der Waals surface area contributed by atoms with Gasteiger partial charge in [-0.1, -0.05) is 36.4 Å². The van der Waals surface area contributed by atoms with Crippen LogP contribution in [-0.4, -0.2) is 25.1 Å². The largest absolute Gasteiger partial charge is 0.368 e. The molecule has 0 aliphatic rings. The fraction of sp³-hybridized carbons (Fsp3) is 0.0588. The lowest BCUT2D eigenvalue weighted by molar-refractivity contribution is -0.118. The van der Waals surface area contributed by atoms with E-state index in [2.05, 4.69) is 9.93 Å². The Labute approximate surface area is 144 Å². The number of aromatic nitrogens is 1. The van der Waals surface area contributed by atoms with Gasteiger partial charge in [0.2, 0.25) is 5.91 Å². The van der Waals surface area contributed by atoms with Crippen molar-refractivity contribution in [3.8, 4) is 0 Å². The third kappa shape index (κ3) is 3.69. The van der Waals surface area contributed by atoms with Crippen molar-refractivity contribution in [3.63, 3.8) is 0 Å². The van der Waals surface area contributed by atoms with Crippen molar-refractivity contribution in [2.75, 3.05) is 0 Å². The van der Waals surface area contributed by atoms with E-state index in [1.54, 1.807) is 29.0 Å². The summed E-state index contributed by atoms with van der Waals surface area (Å²) < 4.78 is 26.0. The van der Waals surface area contributed by atoms with E-state index in [4.69, 9.17) is 5.73 Å². The summed E-state index contributed by atoms with van der Waals surface area (Å²) in [5, 5.41) is 4.68. The molecule has 128 valence electrons. The van der Waals surface area contributed by atoms with Crippen LogP contribution >= 0.6 is 0 Å². The Morgan fingerprint density at radius 1 is 1.12 bits per heavy atom. The maximum atomic E-state index is 12.1. The lowest BCUT2D eigenvalue weighted by Crippen LogP contribution is -2.18. The van der Waals surface area contributed by atoms with Crippen LogP contribution in [0.3, 0.4) is 0 Å². The monoisotopic (exact) mass is 356 g/mol. The molecule has 25 heavy (non-hydrogen) atoms. The number of amides is 1. The number of hydrazone groups is 1. The minimum absolute atomic E-state index is 0.0318. The summed E-state index contributed by atoms with van der Waals surface area (Å²) in [5.74, 6) is -0.464. The molecular weight excluding hydrogens is 340 g/mol. The topological polar surface area (TPSA) is 107 Å². The molecule has 3 rings (SSSR count). The number of fused-ring (bicyclic) bond motifs is 1. The van der Waals surface area contributed by atoms with E-state index in [-0.39, 0.29) is 11.4 Å². The van der Waals surface area contributed by atoms with Gasteiger partial charge in [0, 0.05) is 22.7 Å². The maximum Gasteiger partial charge on any atom is 0.276 e. The second-order valence-corrected chi connectivity index (χ2v) is 7.02. The van der Waals surface area contributed by atoms with E-state index < -0.39 is 15.9 Å². The number of carbonyl (C=O) groups is 1. The number of rotatable bonds is 6. The highest BCUT2D eigenvalue weighted by atomic mass is 32.2. The van der Waals surface area contributed by atoms with E-state index in [1.807, 2.05) is 24.3 Å². The number of benzene rings is 2. The van der Waals surface area contributed by atoms with Gasteiger partial charge in [-0.3, -0.25) is 4.79 Å². The first-order chi connectivity index (χ1) is 12.0. The van der Waals surface area contributed by atoms with E-state index in [9.17, 15) is 13.2 Å². The molecule has 7 nitrogen and oxygen atoms in total. The van der Waals surface area contributed by atoms with Crippen molar-refractivity contribution in [1.82, 2.24) is 9.40 Å². The Morgan fingerprint density at radius 2 is 1.80 bits per heavy atom. The van der Waals surface area contributed by atoms with E-state index in [0.717, 1.165) is 10.9 Å². The first-order valence-corrected chi connectivity index (χ1v) is 8.92. The molecule has 1 heterocycles. The van der Waals surface area contributed by atoms with Crippen molar-refractivity contribution in [3.05, 3.63) is 66.4 Å². The first kappa shape index (κ1) is 16.7. The Balaban J connectivity index is 1.88. The Morgan fingerprint density at radius 3 is 2.52 bits per heavy atom. The Bertz CT molecular complexity index is 1040. The zero-order chi connectivity index (χ0) is 17.9. The molecule has 0 aliphatic carbocycles. The van der Waals surface area contributed by atoms with Crippen LogP contribution in [0.1, 0.15) is 5.56 Å². The van der Waals surface area contributed by atoms with Crippen LogP contribution in [-0.2, 0) is 21.4 Å². The molecule has 2 aromatic carbocycles. The highest BCUT2D eigenvalue weighted by Gasteiger charge is 2.12. The molecule has 0 saturated heterocycles. The van der Waals surface area contributed by atoms with Crippen molar-refractivity contribution in [2.45, 2.75) is 11.4 Å². The average Bonchev–Trinajstić information content (AvgIpc) is 2.93. The smallest absolute Gasteiger partial charge is 0.276 e. The molecule has 3 aromatic rings. The van der Waals surface area contributed by atoms with Gasteiger partial charge in [0.05, 0.1) is 11.1 Å². The van der Waals surface area contributed by atoms with E-state index in [0.29, 0.717) is 5.56 Å². The molecule has 0 saturated carbocycles. The van der Waals surface area contributed by atoms with Gasteiger partial charge < -0.3 is 10.3 Å². The average molecular weight is 356 g/mol. The van der Waals surface area contributed by atoms with Crippen LogP contribution in [0.25, 0.3) is 10.9 Å². The van der Waals surface area contributed by atoms with Crippen LogP contribution in [0.5, 0.6) is 0 Å². The van der Waals surface area contributed by atoms with E-state index in [1.165, 1.54) is 18.3 Å². The maximum absolute atomic E-state index is 12.1. The molecule has 1 amide bonds. The Kier molecular flexibility index (Phi) is 4.53. The summed E-state index contributed by atoms with van der Waals surface area (Å²) in [6.45, 7) is 0.0318. The quantitative estimate of drug-likeness (QED) is 0.515. The normalized spacial score (nSPS) is 11.8. The standard InChI is InChI=1S/C17H16N4O3S/c18-17(22)12-21-11-13(15-8-4-5-9-16(15)21)10-19-20-25(23,24)14-6-2-1-3-7-14/h1-11,20H,12H2,(H2,18,22)/b19-10+. The minimum atomic E-state index is -3.72. The molecule has 0 bridgehead atoms. The molecule has 0 unspecified atom stereocenters. The summed E-state index contributed by atoms with van der Waals surface area (Å²) in [7, 11) is -3.72. The van der Waals surface area contributed by atoms with E-state index >= 15 is 0 Å². The van der Waals surface area contributed by atoms with Gasteiger partial charge in [0.25, 0.3) is 10.0 Å². The summed E-state index contributed by atoms with van der Waals surface area (Å²) in [6.07, 6.45) is 3.11. The summed E-state index contributed by atoms with van der Waals surface area (Å²) in [6, 6.07) is 15.4. The molecule has 3 N–H and O–H groups in total. The number of hydrogen-bond acceptors (Lipinski definition) is 4. The highest BCUT2D eigenvalue weighted by molar-refractivity contribution is 7.89. The number of nitrogens with two attached hydrogens (primary N) is 1. The van der Waals surface area contributed by atoms with Crippen LogP contribution in [0.4, 0.5) is 0 Å². The molecule has 0 spiro atoms. The second-order valence-electron chi connectivity index (χ2n) is 5.36. The highest BCUT2D eigenvalue weighted by Crippen LogP contribution is 2.19. The SMILES string of the molecule is NC(=O)Cn1cc(/C=N/NS(=O)(=O)c2ccccc2)c2ccccc21. The zero-order valence-electron chi connectivity index (χ0n) is 13.2. The lowest BCUT2D eigenvalue weighted by Gasteiger charge is -2.02. The second kappa shape index (κ2) is 6.78. The Hall–Kier alpha value is -3.13. The van der Waals surface area contributed by atoms with Crippen LogP contribution in [0, 0.1) is 0 Å². The summed E-state index contributed by atoms with van der Waals surface area (Å²) >= 11 is 0. The number of carbonyl (C=O) groups excluding carboxylic acids is 1. The summed E-state index contributed by atoms with van der Waals surface area (Å²) in [5.41, 5.74) is 6.75. The fourth-order valence-corrected chi connectivity index (χ4v) is 3.31. The van der Waals surface area contributed by atoms with Crippen molar-refractivity contribution < 1.29 is 13.2 Å². The first-order valence-electron chi connectivity index (χ1n) is 7.43. The van der Waals surface area contributed by atoms with Crippen molar-refractivity contribution >= 4 is 33.0 Å². The number of nitrogens with one attached hydrogen (secondary N) is 1. The van der Waals surface area contributed by atoms with Crippen LogP contribution in [0.2, 0.25) is 0 Å². The van der Waals surface area contributed by atoms with Gasteiger partial charge in [0.1, 0.15) is 6.54 Å². The zero-order valence-corrected chi connectivity index (χ0v) is 14.0. The number of hydrogen-bond donors (Lipinski definition) is 2. The molecule has 0 atom stereocenters. The molecule has 0 fully saturated rings. The minimum Gasteiger partial charge on any atom is -0.368 e. The van der Waals surface area contributed by atoms with Crippen LogP contribution in [0.15, 0.2) is 70.8 Å². The molecule has 0 radical (unpaired) electrons. The van der Waals surface area contributed by atoms with Gasteiger partial charge in [-0.05, 0) is 18.2 Å². The van der Waals surface area contributed by atoms with Gasteiger partial charge in [0.15, 0.2) is 0 Å². The molecule has 1 aromatic heterocycles. The predicted molar refractivity (Wildman–Crippen MR) is 95.5 cm³/mol. The van der Waals surface area contributed by atoms with Crippen LogP contribution < -0.4 is 10.6 Å². The van der Waals surface area contributed by atoms with Gasteiger partial charge in [-0.15, -0.1) is 0 Å². The third-order valence-corrected chi connectivity index (χ3v) is 4.81. The number of para-hydroxylation sites is 1.